The molecule has 6 heteroatoms. The molecule has 0 fully saturated rings. The number of ether oxygens (including phenoxy) is 2. The van der Waals surface area contributed by atoms with Crippen molar-refractivity contribution in [1.29, 1.82) is 0 Å². The van der Waals surface area contributed by atoms with Gasteiger partial charge in [-0.25, -0.2) is 0 Å². The van der Waals surface area contributed by atoms with Gasteiger partial charge < -0.3 is 19.7 Å². The average molecular weight is 399 g/mol. The molecule has 0 heterocycles. The van der Waals surface area contributed by atoms with E-state index >= 15 is 0 Å². The Labute approximate surface area is 172 Å². The maximum absolute atomic E-state index is 12.6. The summed E-state index contributed by atoms with van der Waals surface area (Å²) in [5, 5.41) is 3.05. The largest absolute Gasteiger partial charge is 0.493 e. The molecule has 0 saturated heterocycles. The van der Waals surface area contributed by atoms with E-state index < -0.39 is 0 Å². The number of nitrogens with zero attached hydrogens (tertiary/aromatic N) is 1. The van der Waals surface area contributed by atoms with E-state index in [0.717, 1.165) is 29.7 Å². The molecule has 0 aliphatic carbocycles. The number of amides is 2. The second kappa shape index (κ2) is 10.5. The summed E-state index contributed by atoms with van der Waals surface area (Å²) in [4.78, 5) is 26.4. The molecule has 0 radical (unpaired) electrons. The normalized spacial score (nSPS) is 10.4. The number of rotatable bonds is 9. The fourth-order valence-electron chi connectivity index (χ4n) is 3.28. The minimum absolute atomic E-state index is 0.118. The highest BCUT2D eigenvalue weighted by Gasteiger charge is 2.17. The predicted octanol–water partition coefficient (Wildman–Crippen LogP) is 4.21. The predicted molar refractivity (Wildman–Crippen MR) is 116 cm³/mol. The van der Waals surface area contributed by atoms with Crippen molar-refractivity contribution in [2.24, 2.45) is 0 Å². The molecular weight excluding hydrogens is 368 g/mol. The highest BCUT2D eigenvalue weighted by Crippen LogP contribution is 2.31. The fraction of sp³-hybridized carbons (Fsp3) is 0.391. The molecule has 6 nitrogen and oxygen atoms in total. The van der Waals surface area contributed by atoms with Gasteiger partial charge >= 0.3 is 0 Å². The van der Waals surface area contributed by atoms with Crippen molar-refractivity contribution in [2.75, 3.05) is 31.0 Å². The number of carbonyl (C=O) groups excluding carboxylic acids is 2. The number of benzene rings is 2. The molecule has 2 rings (SSSR count). The van der Waals surface area contributed by atoms with E-state index in [9.17, 15) is 9.59 Å². The van der Waals surface area contributed by atoms with Crippen molar-refractivity contribution < 1.29 is 19.1 Å². The SMILES string of the molecule is CCc1cccc(CC)c1NC(=O)CCN(C(C)=O)c1ccc(OC)c(OC)c1. The number of para-hydroxylation sites is 1. The van der Waals surface area contributed by atoms with Gasteiger partial charge in [-0.15, -0.1) is 0 Å². The van der Waals surface area contributed by atoms with Crippen LogP contribution in [0.5, 0.6) is 11.5 Å². The van der Waals surface area contributed by atoms with Crippen LogP contribution in [0.3, 0.4) is 0 Å². The van der Waals surface area contributed by atoms with Gasteiger partial charge in [-0.05, 0) is 36.1 Å². The molecule has 2 amide bonds. The zero-order valence-electron chi connectivity index (χ0n) is 17.9. The standard InChI is InChI=1S/C23H30N2O4/c1-6-17-9-8-10-18(7-2)23(17)24-22(27)13-14-25(16(3)26)19-11-12-20(28-4)21(15-19)29-5/h8-12,15H,6-7,13-14H2,1-5H3,(H,24,27). The first-order valence-corrected chi connectivity index (χ1v) is 9.85. The summed E-state index contributed by atoms with van der Waals surface area (Å²) in [6.07, 6.45) is 1.87. The van der Waals surface area contributed by atoms with E-state index in [-0.39, 0.29) is 24.8 Å². The maximum Gasteiger partial charge on any atom is 0.226 e. The third kappa shape index (κ3) is 5.50. The first-order chi connectivity index (χ1) is 13.9. The maximum atomic E-state index is 12.6. The molecule has 2 aromatic carbocycles. The molecule has 0 atom stereocenters. The van der Waals surface area contributed by atoms with Crippen LogP contribution in [0.1, 0.15) is 38.3 Å². The molecule has 0 unspecified atom stereocenters. The third-order valence-corrected chi connectivity index (χ3v) is 4.88. The molecule has 156 valence electrons. The molecular formula is C23H30N2O4. The van der Waals surface area contributed by atoms with Gasteiger partial charge in [0.25, 0.3) is 0 Å². The molecule has 0 bridgehead atoms. The van der Waals surface area contributed by atoms with E-state index in [2.05, 4.69) is 19.2 Å². The van der Waals surface area contributed by atoms with Gasteiger partial charge in [-0.1, -0.05) is 32.0 Å². The number of methoxy groups -OCH3 is 2. The van der Waals surface area contributed by atoms with Crippen LogP contribution in [0.2, 0.25) is 0 Å². The number of hydrogen-bond donors (Lipinski definition) is 1. The molecule has 0 aliphatic rings. The van der Waals surface area contributed by atoms with E-state index in [4.69, 9.17) is 9.47 Å². The van der Waals surface area contributed by atoms with E-state index in [1.165, 1.54) is 6.92 Å². The minimum atomic E-state index is -0.145. The number of hydrogen-bond acceptors (Lipinski definition) is 4. The Morgan fingerprint density at radius 1 is 0.966 bits per heavy atom. The molecule has 0 saturated carbocycles. The second-order valence-corrected chi connectivity index (χ2v) is 6.67. The van der Waals surface area contributed by atoms with E-state index in [1.807, 2.05) is 18.2 Å². The van der Waals surface area contributed by atoms with Gasteiger partial charge in [-0.2, -0.15) is 0 Å². The number of anilines is 2. The fourth-order valence-corrected chi connectivity index (χ4v) is 3.28. The minimum Gasteiger partial charge on any atom is -0.493 e. The first-order valence-electron chi connectivity index (χ1n) is 9.85. The molecule has 0 aromatic heterocycles. The summed E-state index contributed by atoms with van der Waals surface area (Å²) >= 11 is 0. The Balaban J connectivity index is 2.14. The lowest BCUT2D eigenvalue weighted by Crippen LogP contribution is -2.32. The van der Waals surface area contributed by atoms with Crippen LogP contribution in [-0.2, 0) is 22.4 Å². The van der Waals surface area contributed by atoms with Crippen molar-refractivity contribution in [3.05, 3.63) is 47.5 Å². The van der Waals surface area contributed by atoms with Crippen LogP contribution in [0.15, 0.2) is 36.4 Å². The first kappa shape index (κ1) is 22.3. The van der Waals surface area contributed by atoms with Crippen LogP contribution in [0, 0.1) is 0 Å². The Hall–Kier alpha value is -3.02. The van der Waals surface area contributed by atoms with Crippen LogP contribution in [0.4, 0.5) is 11.4 Å². The van der Waals surface area contributed by atoms with Crippen molar-refractivity contribution in [2.45, 2.75) is 40.0 Å². The van der Waals surface area contributed by atoms with Gasteiger partial charge in [0.15, 0.2) is 11.5 Å². The van der Waals surface area contributed by atoms with Crippen molar-refractivity contribution in [3.8, 4) is 11.5 Å². The van der Waals surface area contributed by atoms with Crippen molar-refractivity contribution in [3.63, 3.8) is 0 Å². The van der Waals surface area contributed by atoms with Crippen molar-refractivity contribution in [1.82, 2.24) is 0 Å². The molecule has 1 N–H and O–H groups in total. The zero-order valence-corrected chi connectivity index (χ0v) is 17.9. The molecule has 2 aromatic rings. The van der Waals surface area contributed by atoms with Crippen LogP contribution in [-0.4, -0.2) is 32.6 Å². The Morgan fingerprint density at radius 2 is 1.59 bits per heavy atom. The summed E-state index contributed by atoms with van der Waals surface area (Å²) in [7, 11) is 3.10. The van der Waals surface area contributed by atoms with Gasteiger partial charge in [0.1, 0.15) is 0 Å². The Morgan fingerprint density at radius 3 is 2.10 bits per heavy atom. The Bertz CT molecular complexity index is 842. The van der Waals surface area contributed by atoms with Crippen LogP contribution >= 0.6 is 0 Å². The summed E-state index contributed by atoms with van der Waals surface area (Å²) in [6.45, 7) is 5.89. The highest BCUT2D eigenvalue weighted by atomic mass is 16.5. The summed E-state index contributed by atoms with van der Waals surface area (Å²) in [5.41, 5.74) is 3.77. The number of aryl methyl sites for hydroxylation is 2. The summed E-state index contributed by atoms with van der Waals surface area (Å²) < 4.78 is 10.6. The quantitative estimate of drug-likeness (QED) is 0.687. The van der Waals surface area contributed by atoms with Crippen molar-refractivity contribution >= 4 is 23.2 Å². The zero-order chi connectivity index (χ0) is 21.4. The summed E-state index contributed by atoms with van der Waals surface area (Å²) in [5.74, 6) is 0.853. The lowest BCUT2D eigenvalue weighted by Gasteiger charge is -2.22. The smallest absolute Gasteiger partial charge is 0.226 e. The van der Waals surface area contributed by atoms with Crippen LogP contribution < -0.4 is 19.7 Å². The van der Waals surface area contributed by atoms with Gasteiger partial charge in [0, 0.05) is 37.3 Å². The van der Waals surface area contributed by atoms with Crippen LogP contribution in [0.25, 0.3) is 0 Å². The summed E-state index contributed by atoms with van der Waals surface area (Å²) in [6, 6.07) is 11.3. The highest BCUT2D eigenvalue weighted by molar-refractivity contribution is 5.95. The average Bonchev–Trinajstić information content (AvgIpc) is 2.73. The molecule has 29 heavy (non-hydrogen) atoms. The number of carbonyl (C=O) groups is 2. The number of nitrogens with one attached hydrogen (secondary N) is 1. The monoisotopic (exact) mass is 398 g/mol. The second-order valence-electron chi connectivity index (χ2n) is 6.67. The van der Waals surface area contributed by atoms with Gasteiger partial charge in [0.2, 0.25) is 11.8 Å². The van der Waals surface area contributed by atoms with Gasteiger partial charge in [-0.3, -0.25) is 9.59 Å². The third-order valence-electron chi connectivity index (χ3n) is 4.88. The lowest BCUT2D eigenvalue weighted by molar-refractivity contribution is -0.117. The topological polar surface area (TPSA) is 67.9 Å². The lowest BCUT2D eigenvalue weighted by atomic mass is 10.0. The molecule has 0 aliphatic heterocycles. The Kier molecular flexibility index (Phi) is 8.07. The van der Waals surface area contributed by atoms with E-state index in [0.29, 0.717) is 17.2 Å². The van der Waals surface area contributed by atoms with Gasteiger partial charge in [0.05, 0.1) is 14.2 Å². The molecule has 0 spiro atoms. The van der Waals surface area contributed by atoms with E-state index in [1.54, 1.807) is 37.3 Å².